The molecule has 0 radical (unpaired) electrons. The van der Waals surface area contributed by atoms with Gasteiger partial charge < -0.3 is 9.32 Å². The van der Waals surface area contributed by atoms with E-state index >= 15 is 0 Å². The van der Waals surface area contributed by atoms with Gasteiger partial charge in [-0.15, -0.1) is 0 Å². The lowest BCUT2D eigenvalue weighted by atomic mass is 10.3. The number of nitrogens with zero attached hydrogens (tertiary/aromatic N) is 3. The van der Waals surface area contributed by atoms with Gasteiger partial charge in [-0.05, 0) is 6.92 Å². The summed E-state index contributed by atoms with van der Waals surface area (Å²) in [6.07, 6.45) is 0.314. The summed E-state index contributed by atoms with van der Waals surface area (Å²) in [4.78, 5) is 17.2. The fourth-order valence-corrected chi connectivity index (χ4v) is 1.22. The topological polar surface area (TPSA) is 70.1 Å². The van der Waals surface area contributed by atoms with E-state index in [0.717, 1.165) is 0 Å². The number of nitriles is 1. The summed E-state index contributed by atoms with van der Waals surface area (Å²) >= 11 is 0. The van der Waals surface area contributed by atoms with E-state index in [1.54, 1.807) is 20.9 Å². The molecule has 5 heteroatoms. The Bertz CT molecular complexity index is 403. The SMILES string of the molecule is Cc1nc(C)c(C(=O)N(C)CCC#N)o1. The summed E-state index contributed by atoms with van der Waals surface area (Å²) in [5.41, 5.74) is 0.585. The molecule has 0 aliphatic rings. The molecular formula is C10H13N3O2. The van der Waals surface area contributed by atoms with Crippen LogP contribution < -0.4 is 0 Å². The standard InChI is InChI=1S/C10H13N3O2/c1-7-9(15-8(2)12-7)10(14)13(3)6-4-5-11/h4,6H2,1-3H3. The Hall–Kier alpha value is -1.83. The minimum absolute atomic E-state index is 0.233. The Labute approximate surface area is 88.3 Å². The molecule has 0 N–H and O–H groups in total. The van der Waals surface area contributed by atoms with Gasteiger partial charge in [0, 0.05) is 20.5 Å². The van der Waals surface area contributed by atoms with Crippen LogP contribution in [-0.2, 0) is 0 Å². The molecule has 0 unspecified atom stereocenters. The van der Waals surface area contributed by atoms with Crippen LogP contribution in [0.2, 0.25) is 0 Å². The molecule has 1 rings (SSSR count). The average molecular weight is 207 g/mol. The smallest absolute Gasteiger partial charge is 0.291 e. The van der Waals surface area contributed by atoms with E-state index in [1.807, 2.05) is 6.07 Å². The molecule has 0 saturated carbocycles. The fourth-order valence-electron chi connectivity index (χ4n) is 1.22. The highest BCUT2D eigenvalue weighted by Gasteiger charge is 2.19. The summed E-state index contributed by atoms with van der Waals surface area (Å²) in [5.74, 6) is 0.501. The van der Waals surface area contributed by atoms with Gasteiger partial charge in [-0.25, -0.2) is 4.98 Å². The molecule has 1 heterocycles. The summed E-state index contributed by atoms with van der Waals surface area (Å²) in [5, 5.41) is 8.40. The van der Waals surface area contributed by atoms with Gasteiger partial charge in [0.2, 0.25) is 5.76 Å². The van der Waals surface area contributed by atoms with Crippen molar-refractivity contribution >= 4 is 5.91 Å². The molecule has 0 spiro atoms. The van der Waals surface area contributed by atoms with E-state index in [4.69, 9.17) is 9.68 Å². The van der Waals surface area contributed by atoms with Gasteiger partial charge >= 0.3 is 0 Å². The molecule has 0 aromatic carbocycles. The van der Waals surface area contributed by atoms with Crippen LogP contribution in [0.4, 0.5) is 0 Å². The van der Waals surface area contributed by atoms with E-state index in [2.05, 4.69) is 4.98 Å². The Morgan fingerprint density at radius 2 is 2.27 bits per heavy atom. The van der Waals surface area contributed by atoms with Crippen LogP contribution in [0.3, 0.4) is 0 Å². The van der Waals surface area contributed by atoms with E-state index in [-0.39, 0.29) is 11.7 Å². The first-order chi connectivity index (χ1) is 7.06. The van der Waals surface area contributed by atoms with Crippen molar-refractivity contribution in [2.24, 2.45) is 0 Å². The second kappa shape index (κ2) is 4.60. The van der Waals surface area contributed by atoms with Crippen molar-refractivity contribution in [1.82, 2.24) is 9.88 Å². The number of rotatable bonds is 3. The molecule has 0 aliphatic heterocycles. The quantitative estimate of drug-likeness (QED) is 0.748. The number of carbonyl (C=O) groups excluding carboxylic acids is 1. The lowest BCUT2D eigenvalue weighted by Crippen LogP contribution is -2.27. The zero-order valence-corrected chi connectivity index (χ0v) is 9.07. The highest BCUT2D eigenvalue weighted by molar-refractivity contribution is 5.92. The third kappa shape index (κ3) is 2.56. The van der Waals surface area contributed by atoms with Crippen molar-refractivity contribution in [2.45, 2.75) is 20.3 Å². The number of oxazole rings is 1. The van der Waals surface area contributed by atoms with Crippen molar-refractivity contribution in [3.63, 3.8) is 0 Å². The normalized spacial score (nSPS) is 9.73. The molecule has 0 aliphatic carbocycles. The van der Waals surface area contributed by atoms with Gasteiger partial charge in [-0.2, -0.15) is 5.26 Å². The monoisotopic (exact) mass is 207 g/mol. The van der Waals surface area contributed by atoms with Gasteiger partial charge in [0.25, 0.3) is 5.91 Å². The Morgan fingerprint density at radius 1 is 1.60 bits per heavy atom. The maximum Gasteiger partial charge on any atom is 0.291 e. The number of aryl methyl sites for hydroxylation is 2. The molecule has 1 aromatic heterocycles. The van der Waals surface area contributed by atoms with Gasteiger partial charge in [-0.3, -0.25) is 4.79 Å². The van der Waals surface area contributed by atoms with Crippen molar-refractivity contribution in [3.8, 4) is 6.07 Å². The largest absolute Gasteiger partial charge is 0.436 e. The zero-order chi connectivity index (χ0) is 11.4. The minimum Gasteiger partial charge on any atom is -0.436 e. The summed E-state index contributed by atoms with van der Waals surface area (Å²) < 4.78 is 5.19. The van der Waals surface area contributed by atoms with Crippen LogP contribution in [0, 0.1) is 25.2 Å². The van der Waals surface area contributed by atoms with Crippen LogP contribution in [0.1, 0.15) is 28.6 Å². The maximum absolute atomic E-state index is 11.8. The fraction of sp³-hybridized carbons (Fsp3) is 0.500. The van der Waals surface area contributed by atoms with Crippen LogP contribution in [0.25, 0.3) is 0 Å². The van der Waals surface area contributed by atoms with Crippen LogP contribution in [0.15, 0.2) is 4.42 Å². The molecule has 5 nitrogen and oxygen atoms in total. The van der Waals surface area contributed by atoms with E-state index in [1.165, 1.54) is 4.90 Å². The minimum atomic E-state index is -0.233. The van der Waals surface area contributed by atoms with Gasteiger partial charge in [0.1, 0.15) is 0 Å². The predicted molar refractivity (Wildman–Crippen MR) is 53.2 cm³/mol. The molecule has 15 heavy (non-hydrogen) atoms. The Kier molecular flexibility index (Phi) is 3.45. The summed E-state index contributed by atoms with van der Waals surface area (Å²) in [6.45, 7) is 3.81. The molecular weight excluding hydrogens is 194 g/mol. The van der Waals surface area contributed by atoms with Crippen molar-refractivity contribution in [2.75, 3.05) is 13.6 Å². The maximum atomic E-state index is 11.8. The predicted octanol–water partition coefficient (Wildman–Crippen LogP) is 1.28. The van der Waals surface area contributed by atoms with E-state index < -0.39 is 0 Å². The Balaban J connectivity index is 2.76. The number of aromatic nitrogens is 1. The highest BCUT2D eigenvalue weighted by atomic mass is 16.4. The average Bonchev–Trinajstić information content (AvgIpc) is 2.53. The lowest BCUT2D eigenvalue weighted by molar-refractivity contribution is 0.0764. The van der Waals surface area contributed by atoms with E-state index in [0.29, 0.717) is 24.6 Å². The van der Waals surface area contributed by atoms with Crippen molar-refractivity contribution in [1.29, 1.82) is 5.26 Å². The first-order valence-electron chi connectivity index (χ1n) is 4.62. The van der Waals surface area contributed by atoms with Gasteiger partial charge in [0.05, 0.1) is 18.2 Å². The first-order valence-corrected chi connectivity index (χ1v) is 4.62. The van der Waals surface area contributed by atoms with Crippen LogP contribution >= 0.6 is 0 Å². The summed E-state index contributed by atoms with van der Waals surface area (Å²) in [7, 11) is 1.64. The Morgan fingerprint density at radius 3 is 2.73 bits per heavy atom. The molecule has 1 aromatic rings. The van der Waals surface area contributed by atoms with Crippen molar-refractivity contribution in [3.05, 3.63) is 17.3 Å². The molecule has 0 atom stereocenters. The van der Waals surface area contributed by atoms with Gasteiger partial charge in [-0.1, -0.05) is 0 Å². The number of carbonyl (C=O) groups is 1. The number of hydrogen-bond donors (Lipinski definition) is 0. The zero-order valence-electron chi connectivity index (χ0n) is 9.07. The van der Waals surface area contributed by atoms with Gasteiger partial charge in [0.15, 0.2) is 5.89 Å². The highest BCUT2D eigenvalue weighted by Crippen LogP contribution is 2.11. The third-order valence-corrected chi connectivity index (χ3v) is 2.00. The summed E-state index contributed by atoms with van der Waals surface area (Å²) in [6, 6.07) is 1.98. The number of hydrogen-bond acceptors (Lipinski definition) is 4. The van der Waals surface area contributed by atoms with Crippen LogP contribution in [0.5, 0.6) is 0 Å². The number of amides is 1. The van der Waals surface area contributed by atoms with Crippen LogP contribution in [-0.4, -0.2) is 29.4 Å². The lowest BCUT2D eigenvalue weighted by Gasteiger charge is -2.13. The second-order valence-electron chi connectivity index (χ2n) is 3.28. The molecule has 0 bridgehead atoms. The molecule has 0 saturated heterocycles. The second-order valence-corrected chi connectivity index (χ2v) is 3.28. The molecule has 0 fully saturated rings. The van der Waals surface area contributed by atoms with Crippen molar-refractivity contribution < 1.29 is 9.21 Å². The first kappa shape index (κ1) is 11.2. The third-order valence-electron chi connectivity index (χ3n) is 2.00. The van der Waals surface area contributed by atoms with E-state index in [9.17, 15) is 4.79 Å². The molecule has 1 amide bonds. The molecule has 80 valence electrons.